The maximum absolute atomic E-state index is 12.7. The lowest BCUT2D eigenvalue weighted by atomic mass is 10.0. The number of carboxylic acids is 1. The van der Waals surface area contributed by atoms with Crippen molar-refractivity contribution in [2.24, 2.45) is 0 Å². The van der Waals surface area contributed by atoms with Crippen LogP contribution in [0.25, 0.3) is 33.7 Å². The Hall–Kier alpha value is -3.82. The van der Waals surface area contributed by atoms with Crippen LogP contribution in [0.15, 0.2) is 40.9 Å². The Bertz CT molecular complexity index is 1390. The van der Waals surface area contributed by atoms with E-state index in [1.807, 2.05) is 25.1 Å². The molecular formula is C24H20F3N3O4. The van der Waals surface area contributed by atoms with Gasteiger partial charge in [0.15, 0.2) is 0 Å². The summed E-state index contributed by atoms with van der Waals surface area (Å²) in [7, 11) is 0. The number of aromatic nitrogens is 3. The monoisotopic (exact) mass is 471 g/mol. The van der Waals surface area contributed by atoms with Crippen LogP contribution in [0.5, 0.6) is 5.75 Å². The Morgan fingerprint density at radius 1 is 1.24 bits per heavy atom. The molecule has 0 bridgehead atoms. The first kappa shape index (κ1) is 22.0. The van der Waals surface area contributed by atoms with Gasteiger partial charge in [-0.1, -0.05) is 12.1 Å². The van der Waals surface area contributed by atoms with Crippen molar-refractivity contribution < 1.29 is 32.3 Å². The highest BCUT2D eigenvalue weighted by atomic mass is 19.4. The maximum Gasteiger partial charge on any atom is 0.573 e. The maximum atomic E-state index is 12.7. The first-order valence-corrected chi connectivity index (χ1v) is 10.8. The van der Waals surface area contributed by atoms with Crippen molar-refractivity contribution in [2.45, 2.75) is 44.9 Å². The number of hydrogen-bond donors (Lipinski definition) is 2. The van der Waals surface area contributed by atoms with E-state index in [1.165, 1.54) is 12.1 Å². The number of rotatable bonds is 6. The molecule has 0 radical (unpaired) electrons. The van der Waals surface area contributed by atoms with Gasteiger partial charge < -0.3 is 19.4 Å². The molecule has 0 aliphatic heterocycles. The van der Waals surface area contributed by atoms with Crippen LogP contribution in [0.2, 0.25) is 0 Å². The zero-order valence-electron chi connectivity index (χ0n) is 18.1. The molecule has 10 heteroatoms. The van der Waals surface area contributed by atoms with E-state index in [0.29, 0.717) is 28.9 Å². The summed E-state index contributed by atoms with van der Waals surface area (Å²) in [5, 5.41) is 14.2. The molecule has 1 aliphatic rings. The molecule has 2 heterocycles. The SMILES string of the molecule is CCc1cc(OC(F)(F)F)cc(-c2nc(-c3ccc4[nH]c5c(c4c3)CCC5CC(=O)O)no2)c1. The van der Waals surface area contributed by atoms with Crippen LogP contribution < -0.4 is 4.74 Å². The van der Waals surface area contributed by atoms with Gasteiger partial charge in [0.25, 0.3) is 5.89 Å². The second kappa shape index (κ2) is 8.19. The molecule has 4 aromatic rings. The number of alkyl halides is 3. The summed E-state index contributed by atoms with van der Waals surface area (Å²) in [6, 6.07) is 9.84. The van der Waals surface area contributed by atoms with Crippen LogP contribution in [0.3, 0.4) is 0 Å². The minimum Gasteiger partial charge on any atom is -0.481 e. The second-order valence-corrected chi connectivity index (χ2v) is 8.30. The fourth-order valence-corrected chi connectivity index (χ4v) is 4.54. The van der Waals surface area contributed by atoms with Crippen molar-refractivity contribution in [3.05, 3.63) is 53.2 Å². The summed E-state index contributed by atoms with van der Waals surface area (Å²) in [6.07, 6.45) is -2.67. The minimum absolute atomic E-state index is 0.0425. The third kappa shape index (κ3) is 4.23. The molecule has 1 atom stereocenters. The molecule has 2 N–H and O–H groups in total. The Labute approximate surface area is 191 Å². The number of H-pyrrole nitrogens is 1. The fraction of sp³-hybridized carbons (Fsp3) is 0.292. The fourth-order valence-electron chi connectivity index (χ4n) is 4.54. The smallest absolute Gasteiger partial charge is 0.481 e. The van der Waals surface area contributed by atoms with Crippen LogP contribution in [-0.2, 0) is 17.6 Å². The molecule has 5 rings (SSSR count). The van der Waals surface area contributed by atoms with E-state index in [1.54, 1.807) is 6.07 Å². The largest absolute Gasteiger partial charge is 0.573 e. The van der Waals surface area contributed by atoms with Gasteiger partial charge in [-0.25, -0.2) is 0 Å². The van der Waals surface area contributed by atoms with E-state index in [9.17, 15) is 18.0 Å². The van der Waals surface area contributed by atoms with Crippen molar-refractivity contribution in [2.75, 3.05) is 0 Å². The van der Waals surface area contributed by atoms with Crippen LogP contribution in [0.1, 0.15) is 42.5 Å². The summed E-state index contributed by atoms with van der Waals surface area (Å²) in [5.74, 6) is -0.835. The normalized spacial score (nSPS) is 15.6. The standard InChI is InChI=1S/C24H20F3N3O4/c1-2-12-7-15(9-16(8-12)33-24(25,26)27)23-29-22(30-34-23)14-4-6-19-18(10-14)17-5-3-13(11-20(31)32)21(17)28-19/h4,6-10,13,28H,2-3,5,11H2,1H3,(H,31,32). The average Bonchev–Trinajstić information content (AvgIpc) is 3.48. The molecule has 2 aromatic heterocycles. The van der Waals surface area contributed by atoms with E-state index in [-0.39, 0.29) is 24.0 Å². The average molecular weight is 471 g/mol. The molecule has 1 unspecified atom stereocenters. The third-order valence-corrected chi connectivity index (χ3v) is 6.05. The lowest BCUT2D eigenvalue weighted by Crippen LogP contribution is -2.17. The highest BCUT2D eigenvalue weighted by Gasteiger charge is 2.32. The molecule has 2 aromatic carbocycles. The summed E-state index contributed by atoms with van der Waals surface area (Å²) >= 11 is 0. The van der Waals surface area contributed by atoms with Gasteiger partial charge in [-0.2, -0.15) is 4.98 Å². The molecule has 0 saturated heterocycles. The Balaban J connectivity index is 1.48. The van der Waals surface area contributed by atoms with Crippen LogP contribution in [-0.4, -0.2) is 32.6 Å². The minimum atomic E-state index is -4.81. The predicted octanol–water partition coefficient (Wildman–Crippen LogP) is 5.85. The van der Waals surface area contributed by atoms with Crippen molar-refractivity contribution in [1.29, 1.82) is 0 Å². The number of carboxylic acid groups (broad SMARTS) is 1. The van der Waals surface area contributed by atoms with Crippen LogP contribution >= 0.6 is 0 Å². The number of benzene rings is 2. The van der Waals surface area contributed by atoms with Gasteiger partial charge in [0.05, 0.1) is 6.42 Å². The van der Waals surface area contributed by atoms with Gasteiger partial charge in [-0.05, 0) is 66.8 Å². The number of ether oxygens (including phenoxy) is 1. The highest BCUT2D eigenvalue weighted by Crippen LogP contribution is 2.40. The van der Waals surface area contributed by atoms with Gasteiger partial charge in [0.1, 0.15) is 5.75 Å². The quantitative estimate of drug-likeness (QED) is 0.366. The Kier molecular flexibility index (Phi) is 5.30. The van der Waals surface area contributed by atoms with Gasteiger partial charge in [-0.3, -0.25) is 4.79 Å². The van der Waals surface area contributed by atoms with Gasteiger partial charge in [-0.15, -0.1) is 13.2 Å². The number of fused-ring (bicyclic) bond motifs is 3. The van der Waals surface area contributed by atoms with Crippen molar-refractivity contribution >= 4 is 16.9 Å². The molecule has 34 heavy (non-hydrogen) atoms. The topological polar surface area (TPSA) is 101 Å². The number of hydrogen-bond acceptors (Lipinski definition) is 5. The number of aliphatic carboxylic acids is 1. The zero-order valence-corrected chi connectivity index (χ0v) is 18.1. The lowest BCUT2D eigenvalue weighted by Gasteiger charge is -2.11. The molecule has 0 amide bonds. The predicted molar refractivity (Wildman–Crippen MR) is 116 cm³/mol. The van der Waals surface area contributed by atoms with Crippen molar-refractivity contribution in [3.63, 3.8) is 0 Å². The summed E-state index contributed by atoms with van der Waals surface area (Å²) in [4.78, 5) is 18.9. The molecule has 7 nitrogen and oxygen atoms in total. The number of nitrogens with zero attached hydrogens (tertiary/aromatic N) is 2. The summed E-state index contributed by atoms with van der Waals surface area (Å²) in [6.45, 7) is 1.82. The lowest BCUT2D eigenvalue weighted by molar-refractivity contribution is -0.274. The number of nitrogens with one attached hydrogen (secondary N) is 1. The van der Waals surface area contributed by atoms with Crippen LogP contribution in [0.4, 0.5) is 13.2 Å². The number of halogens is 3. The zero-order chi connectivity index (χ0) is 24.0. The van der Waals surface area contributed by atoms with Gasteiger partial charge in [0, 0.05) is 33.6 Å². The molecular weight excluding hydrogens is 451 g/mol. The molecule has 176 valence electrons. The first-order chi connectivity index (χ1) is 16.2. The molecule has 0 saturated carbocycles. The van der Waals surface area contributed by atoms with Crippen molar-refractivity contribution in [1.82, 2.24) is 15.1 Å². The Morgan fingerprint density at radius 2 is 2.06 bits per heavy atom. The van der Waals surface area contributed by atoms with Gasteiger partial charge in [0.2, 0.25) is 5.82 Å². The molecule has 0 fully saturated rings. The van der Waals surface area contributed by atoms with E-state index in [2.05, 4.69) is 19.9 Å². The third-order valence-electron chi connectivity index (χ3n) is 6.05. The molecule has 1 aliphatic carbocycles. The van der Waals surface area contributed by atoms with Crippen molar-refractivity contribution in [3.8, 4) is 28.6 Å². The first-order valence-electron chi connectivity index (χ1n) is 10.8. The van der Waals surface area contributed by atoms with E-state index in [4.69, 9.17) is 9.63 Å². The Morgan fingerprint density at radius 3 is 2.79 bits per heavy atom. The number of carbonyl (C=O) groups is 1. The van der Waals surface area contributed by atoms with Gasteiger partial charge >= 0.3 is 12.3 Å². The highest BCUT2D eigenvalue weighted by molar-refractivity contribution is 5.89. The summed E-state index contributed by atoms with van der Waals surface area (Å²) in [5.41, 5.74) is 4.60. The number of aromatic amines is 1. The molecule has 0 spiro atoms. The van der Waals surface area contributed by atoms with E-state index in [0.717, 1.165) is 35.0 Å². The van der Waals surface area contributed by atoms with Crippen LogP contribution in [0, 0.1) is 0 Å². The van der Waals surface area contributed by atoms with E-state index < -0.39 is 12.3 Å². The summed E-state index contributed by atoms with van der Waals surface area (Å²) < 4.78 is 47.6. The number of aryl methyl sites for hydroxylation is 2. The second-order valence-electron chi connectivity index (χ2n) is 8.30. The van der Waals surface area contributed by atoms with E-state index >= 15 is 0 Å².